The van der Waals surface area contributed by atoms with Gasteiger partial charge in [0.25, 0.3) is 5.91 Å². The van der Waals surface area contributed by atoms with Gasteiger partial charge in [-0.15, -0.1) is 0 Å². The lowest BCUT2D eigenvalue weighted by molar-refractivity contribution is 0.0275. The van der Waals surface area contributed by atoms with Crippen LogP contribution >= 0.6 is 0 Å². The largest absolute Gasteiger partial charge is 0.453 e. The lowest BCUT2D eigenvalue weighted by atomic mass is 10.0. The fraction of sp³-hybridized carbons (Fsp3) is 0.529. The van der Waals surface area contributed by atoms with E-state index in [2.05, 4.69) is 14.9 Å². The molecule has 9 nitrogen and oxygen atoms in total. The third-order valence-electron chi connectivity index (χ3n) is 5.14. The first-order valence-electron chi connectivity index (χ1n) is 8.77. The number of methoxy groups -OCH3 is 1. The van der Waals surface area contributed by atoms with E-state index in [1.807, 2.05) is 0 Å². The summed E-state index contributed by atoms with van der Waals surface area (Å²) < 4.78 is 35.2. The molecule has 27 heavy (non-hydrogen) atoms. The van der Waals surface area contributed by atoms with Crippen LogP contribution in [-0.2, 0) is 27.7 Å². The molecule has 2 aromatic rings. The number of nitrogens with one attached hydrogen (secondary N) is 1. The van der Waals surface area contributed by atoms with E-state index in [0.29, 0.717) is 25.4 Å². The number of rotatable bonds is 5. The minimum absolute atomic E-state index is 0.0193. The molecule has 0 spiro atoms. The van der Waals surface area contributed by atoms with E-state index >= 15 is 0 Å². The Labute approximate surface area is 157 Å². The van der Waals surface area contributed by atoms with Gasteiger partial charge in [0.1, 0.15) is 12.4 Å². The first-order chi connectivity index (χ1) is 13.0. The lowest BCUT2D eigenvalue weighted by Gasteiger charge is -2.43. The van der Waals surface area contributed by atoms with Crippen LogP contribution in [0.5, 0.6) is 0 Å². The van der Waals surface area contributed by atoms with E-state index in [1.54, 1.807) is 36.7 Å². The fourth-order valence-electron chi connectivity index (χ4n) is 3.92. The first kappa shape index (κ1) is 18.2. The maximum Gasteiger partial charge on any atom is 0.289 e. The van der Waals surface area contributed by atoms with E-state index in [4.69, 9.17) is 9.15 Å². The van der Waals surface area contributed by atoms with E-state index in [-0.39, 0.29) is 41.9 Å². The quantitative estimate of drug-likeness (QED) is 0.775. The average molecular weight is 394 g/mol. The van der Waals surface area contributed by atoms with Crippen LogP contribution in [0.2, 0.25) is 0 Å². The van der Waals surface area contributed by atoms with Crippen LogP contribution in [0, 0.1) is 0 Å². The summed E-state index contributed by atoms with van der Waals surface area (Å²) in [5.41, 5.74) is 0.924. The van der Waals surface area contributed by atoms with Crippen molar-refractivity contribution in [3.8, 4) is 0 Å². The summed E-state index contributed by atoms with van der Waals surface area (Å²) in [5, 5.41) is 0. The molecule has 1 amide bonds. The van der Waals surface area contributed by atoms with E-state index < -0.39 is 9.84 Å². The second-order valence-corrected chi connectivity index (χ2v) is 9.11. The molecule has 2 atom stereocenters. The number of amides is 1. The van der Waals surface area contributed by atoms with Gasteiger partial charge < -0.3 is 19.0 Å². The first-order valence-corrected chi connectivity index (χ1v) is 10.6. The maximum absolute atomic E-state index is 13.0. The van der Waals surface area contributed by atoms with Gasteiger partial charge in [0.05, 0.1) is 23.9 Å². The smallest absolute Gasteiger partial charge is 0.289 e. The van der Waals surface area contributed by atoms with Crippen molar-refractivity contribution in [2.75, 3.05) is 31.7 Å². The summed E-state index contributed by atoms with van der Waals surface area (Å²) in [4.78, 5) is 23.8. The van der Waals surface area contributed by atoms with Gasteiger partial charge in [-0.05, 0) is 12.1 Å². The van der Waals surface area contributed by atoms with Gasteiger partial charge in [-0.1, -0.05) is 0 Å². The highest BCUT2D eigenvalue weighted by Gasteiger charge is 2.48. The van der Waals surface area contributed by atoms with Crippen molar-refractivity contribution < 1.29 is 22.4 Å². The van der Waals surface area contributed by atoms with Gasteiger partial charge >= 0.3 is 0 Å². The summed E-state index contributed by atoms with van der Waals surface area (Å²) >= 11 is 0. The van der Waals surface area contributed by atoms with E-state index in [0.717, 1.165) is 5.69 Å². The SMILES string of the molecule is COCc1ccc(C(=O)N2CCN(Cc3cnc[nH]3)[C@@H]3CS(=O)(=O)C[C@@H]32)o1. The number of carbonyl (C=O) groups excluding carboxylic acids is 1. The molecule has 0 bridgehead atoms. The Morgan fingerprint density at radius 1 is 1.33 bits per heavy atom. The van der Waals surface area contributed by atoms with Crippen LogP contribution in [0.4, 0.5) is 0 Å². The topological polar surface area (TPSA) is 109 Å². The van der Waals surface area contributed by atoms with Crippen molar-refractivity contribution in [2.45, 2.75) is 25.2 Å². The van der Waals surface area contributed by atoms with Crippen molar-refractivity contribution in [1.29, 1.82) is 0 Å². The van der Waals surface area contributed by atoms with Crippen LogP contribution in [0.15, 0.2) is 29.1 Å². The molecule has 2 aromatic heterocycles. The Balaban J connectivity index is 1.55. The monoisotopic (exact) mass is 394 g/mol. The predicted octanol–water partition coefficient (Wildman–Crippen LogP) is 0.273. The molecule has 2 aliphatic rings. The molecular formula is C17H22N4O5S. The van der Waals surface area contributed by atoms with Gasteiger partial charge in [-0.2, -0.15) is 0 Å². The molecule has 0 radical (unpaired) electrons. The highest BCUT2D eigenvalue weighted by Crippen LogP contribution is 2.29. The Morgan fingerprint density at radius 3 is 2.89 bits per heavy atom. The van der Waals surface area contributed by atoms with Crippen LogP contribution in [-0.4, -0.2) is 77.9 Å². The van der Waals surface area contributed by atoms with Crippen LogP contribution in [0.3, 0.4) is 0 Å². The number of nitrogens with zero attached hydrogens (tertiary/aromatic N) is 3. The summed E-state index contributed by atoms with van der Waals surface area (Å²) in [7, 11) is -1.65. The Morgan fingerprint density at radius 2 is 2.15 bits per heavy atom. The second kappa shape index (κ2) is 7.10. The molecule has 2 fully saturated rings. The molecule has 146 valence electrons. The van der Waals surface area contributed by atoms with Gasteiger partial charge in [-0.25, -0.2) is 13.4 Å². The zero-order valence-corrected chi connectivity index (χ0v) is 15.8. The van der Waals surface area contributed by atoms with Crippen molar-refractivity contribution in [3.63, 3.8) is 0 Å². The Hall–Kier alpha value is -2.17. The number of hydrogen-bond donors (Lipinski definition) is 1. The molecule has 10 heteroatoms. The molecule has 2 saturated heterocycles. The number of ether oxygens (including phenoxy) is 1. The summed E-state index contributed by atoms with van der Waals surface area (Å²) in [6.07, 6.45) is 3.34. The van der Waals surface area contributed by atoms with Gasteiger partial charge in [-0.3, -0.25) is 9.69 Å². The lowest BCUT2D eigenvalue weighted by Crippen LogP contribution is -2.60. The molecular weight excluding hydrogens is 372 g/mol. The van der Waals surface area contributed by atoms with Crippen LogP contribution < -0.4 is 0 Å². The molecule has 0 aliphatic carbocycles. The standard InChI is InChI=1S/C17H22N4O5S/c1-25-8-13-2-3-16(26-13)17(22)21-5-4-20(7-12-6-18-11-19-12)14-9-27(23,24)10-15(14)21/h2-3,6,11,14-15H,4-5,7-10H2,1H3,(H,18,19)/t14-,15+/m1/s1. The summed E-state index contributed by atoms with van der Waals surface area (Å²) in [6, 6.07) is 2.71. The van der Waals surface area contributed by atoms with Gasteiger partial charge in [0.15, 0.2) is 15.6 Å². The van der Waals surface area contributed by atoms with Crippen molar-refractivity contribution in [2.24, 2.45) is 0 Å². The van der Waals surface area contributed by atoms with E-state index in [9.17, 15) is 13.2 Å². The molecule has 1 N–H and O–H groups in total. The molecule has 2 aliphatic heterocycles. The maximum atomic E-state index is 13.0. The third kappa shape index (κ3) is 3.64. The molecule has 0 saturated carbocycles. The van der Waals surface area contributed by atoms with Crippen LogP contribution in [0.1, 0.15) is 22.0 Å². The number of carbonyl (C=O) groups is 1. The number of furan rings is 1. The zero-order chi connectivity index (χ0) is 19.0. The molecule has 4 heterocycles. The number of piperazine rings is 1. The second-order valence-electron chi connectivity index (χ2n) is 6.96. The van der Waals surface area contributed by atoms with Crippen LogP contribution in [0.25, 0.3) is 0 Å². The number of H-pyrrole nitrogens is 1. The normalized spacial score (nSPS) is 24.9. The van der Waals surface area contributed by atoms with Crippen molar-refractivity contribution >= 4 is 15.7 Å². The minimum Gasteiger partial charge on any atom is -0.453 e. The average Bonchev–Trinajstić information content (AvgIpc) is 3.34. The minimum atomic E-state index is -3.20. The number of fused-ring (bicyclic) bond motifs is 1. The highest BCUT2D eigenvalue weighted by atomic mass is 32.2. The molecule has 0 unspecified atom stereocenters. The number of aromatic nitrogens is 2. The zero-order valence-electron chi connectivity index (χ0n) is 15.0. The fourth-order valence-corrected chi connectivity index (χ4v) is 5.93. The highest BCUT2D eigenvalue weighted by molar-refractivity contribution is 7.91. The summed E-state index contributed by atoms with van der Waals surface area (Å²) in [6.45, 7) is 1.90. The Bertz CT molecular complexity index is 908. The predicted molar refractivity (Wildman–Crippen MR) is 95.7 cm³/mol. The number of sulfone groups is 1. The Kier molecular flexibility index (Phi) is 4.79. The molecule has 0 aromatic carbocycles. The van der Waals surface area contributed by atoms with Gasteiger partial charge in [0.2, 0.25) is 0 Å². The summed E-state index contributed by atoms with van der Waals surface area (Å²) in [5.74, 6) is 0.545. The number of imidazole rings is 1. The third-order valence-corrected chi connectivity index (χ3v) is 6.84. The number of hydrogen-bond acceptors (Lipinski definition) is 7. The van der Waals surface area contributed by atoms with Crippen molar-refractivity contribution in [3.05, 3.63) is 41.9 Å². The number of aromatic amines is 1. The van der Waals surface area contributed by atoms with Crippen molar-refractivity contribution in [1.82, 2.24) is 19.8 Å². The van der Waals surface area contributed by atoms with Gasteiger partial charge in [0, 0.05) is 44.7 Å². The molecule has 4 rings (SSSR count). The van der Waals surface area contributed by atoms with E-state index in [1.165, 1.54) is 0 Å².